The zero-order valence-corrected chi connectivity index (χ0v) is 16.9. The second kappa shape index (κ2) is 9.09. The summed E-state index contributed by atoms with van der Waals surface area (Å²) in [6.45, 7) is 1.52. The lowest BCUT2D eigenvalue weighted by Crippen LogP contribution is -2.40. The Morgan fingerprint density at radius 3 is 2.41 bits per heavy atom. The number of hydrogen-bond donors (Lipinski definition) is 2. The Hall–Kier alpha value is -2.87. The second-order valence-electron chi connectivity index (χ2n) is 7.04. The molecule has 0 aromatic heterocycles. The largest absolute Gasteiger partial charge is 0.449 e. The molecule has 154 valence electrons. The van der Waals surface area contributed by atoms with Gasteiger partial charge in [0.05, 0.1) is 10.5 Å². The topological polar surface area (TPSA) is 102 Å². The van der Waals surface area contributed by atoms with E-state index in [1.54, 1.807) is 24.3 Å². The fraction of sp³-hybridized carbons (Fsp3) is 0.333. The number of sulfonamides is 1. The summed E-state index contributed by atoms with van der Waals surface area (Å²) in [4.78, 5) is 24.7. The van der Waals surface area contributed by atoms with E-state index in [1.165, 1.54) is 37.3 Å². The van der Waals surface area contributed by atoms with E-state index in [0.717, 1.165) is 25.7 Å². The quantitative estimate of drug-likeness (QED) is 0.676. The van der Waals surface area contributed by atoms with E-state index in [9.17, 15) is 18.0 Å². The lowest BCUT2D eigenvalue weighted by atomic mass is 10.2. The first-order chi connectivity index (χ1) is 13.8. The molecule has 3 rings (SSSR count). The van der Waals surface area contributed by atoms with Crippen LogP contribution < -0.4 is 10.0 Å². The van der Waals surface area contributed by atoms with Crippen LogP contribution in [-0.2, 0) is 19.6 Å². The minimum Gasteiger partial charge on any atom is -0.449 e. The summed E-state index contributed by atoms with van der Waals surface area (Å²) in [5, 5.41) is 2.89. The van der Waals surface area contributed by atoms with Crippen LogP contribution in [0.5, 0.6) is 0 Å². The van der Waals surface area contributed by atoms with Crippen LogP contribution in [0.2, 0.25) is 0 Å². The molecule has 0 bridgehead atoms. The van der Waals surface area contributed by atoms with Gasteiger partial charge in [0.25, 0.3) is 15.9 Å². The van der Waals surface area contributed by atoms with Gasteiger partial charge in [0.2, 0.25) is 0 Å². The molecule has 1 atom stereocenters. The average molecular weight is 416 g/mol. The van der Waals surface area contributed by atoms with Gasteiger partial charge in [-0.1, -0.05) is 37.1 Å². The molecule has 29 heavy (non-hydrogen) atoms. The van der Waals surface area contributed by atoms with Gasteiger partial charge in [-0.15, -0.1) is 0 Å². The molecule has 2 aromatic carbocycles. The van der Waals surface area contributed by atoms with Crippen molar-refractivity contribution in [1.29, 1.82) is 0 Å². The highest BCUT2D eigenvalue weighted by Crippen LogP contribution is 2.19. The van der Waals surface area contributed by atoms with Crippen molar-refractivity contribution in [3.63, 3.8) is 0 Å². The first-order valence-electron chi connectivity index (χ1n) is 9.54. The number of nitrogens with one attached hydrogen (secondary N) is 2. The van der Waals surface area contributed by atoms with Gasteiger partial charge in [-0.3, -0.25) is 9.52 Å². The van der Waals surface area contributed by atoms with Gasteiger partial charge in [-0.25, -0.2) is 13.2 Å². The minimum absolute atomic E-state index is 0.116. The summed E-state index contributed by atoms with van der Waals surface area (Å²) < 4.78 is 32.6. The van der Waals surface area contributed by atoms with Crippen LogP contribution in [-0.4, -0.2) is 32.4 Å². The van der Waals surface area contributed by atoms with E-state index >= 15 is 0 Å². The number of benzene rings is 2. The summed E-state index contributed by atoms with van der Waals surface area (Å²) in [6, 6.07) is 14.0. The van der Waals surface area contributed by atoms with Gasteiger partial charge < -0.3 is 10.1 Å². The maximum absolute atomic E-state index is 12.4. The molecule has 0 spiro atoms. The van der Waals surface area contributed by atoms with Crippen LogP contribution in [0.4, 0.5) is 5.69 Å². The molecule has 2 N–H and O–H groups in total. The molecule has 0 heterocycles. The van der Waals surface area contributed by atoms with Crippen molar-refractivity contribution in [2.24, 2.45) is 0 Å². The first kappa shape index (κ1) is 20.9. The van der Waals surface area contributed by atoms with Crippen LogP contribution in [0.1, 0.15) is 43.0 Å². The van der Waals surface area contributed by atoms with Crippen molar-refractivity contribution < 1.29 is 22.7 Å². The fourth-order valence-corrected chi connectivity index (χ4v) is 4.26. The highest BCUT2D eigenvalue weighted by Gasteiger charge is 2.24. The molecule has 8 heteroatoms. The van der Waals surface area contributed by atoms with Gasteiger partial charge in [0.15, 0.2) is 6.10 Å². The predicted octanol–water partition coefficient (Wildman–Crippen LogP) is 3.09. The van der Waals surface area contributed by atoms with Crippen LogP contribution in [0.25, 0.3) is 0 Å². The average Bonchev–Trinajstić information content (AvgIpc) is 3.21. The van der Waals surface area contributed by atoms with E-state index in [1.807, 2.05) is 0 Å². The molecule has 1 aliphatic rings. The lowest BCUT2D eigenvalue weighted by Gasteiger charge is -2.17. The summed E-state index contributed by atoms with van der Waals surface area (Å²) in [5.41, 5.74) is 0.380. The van der Waals surface area contributed by atoms with Crippen molar-refractivity contribution in [2.45, 2.75) is 49.6 Å². The Bertz CT molecular complexity index is 970. The molecule has 1 fully saturated rings. The van der Waals surface area contributed by atoms with Crippen LogP contribution >= 0.6 is 0 Å². The third-order valence-corrected chi connectivity index (χ3v) is 6.16. The summed E-state index contributed by atoms with van der Waals surface area (Å²) in [7, 11) is -3.77. The van der Waals surface area contributed by atoms with Gasteiger partial charge in [-0.05, 0) is 50.1 Å². The summed E-state index contributed by atoms with van der Waals surface area (Å²) in [5.74, 6) is -1.02. The number of amides is 1. The van der Waals surface area contributed by atoms with Crippen molar-refractivity contribution in [3.05, 3.63) is 60.2 Å². The second-order valence-corrected chi connectivity index (χ2v) is 8.72. The van der Waals surface area contributed by atoms with Crippen molar-refractivity contribution in [3.8, 4) is 0 Å². The molecule has 0 saturated heterocycles. The normalized spacial score (nSPS) is 15.5. The van der Waals surface area contributed by atoms with E-state index in [4.69, 9.17) is 4.74 Å². The molecule has 0 radical (unpaired) electrons. The zero-order valence-electron chi connectivity index (χ0n) is 16.1. The highest BCUT2D eigenvalue weighted by atomic mass is 32.2. The minimum atomic E-state index is -3.77. The predicted molar refractivity (Wildman–Crippen MR) is 109 cm³/mol. The number of carbonyl (C=O) groups excluding carboxylic acids is 2. The zero-order chi connectivity index (χ0) is 20.9. The fourth-order valence-electron chi connectivity index (χ4n) is 3.19. The van der Waals surface area contributed by atoms with E-state index in [2.05, 4.69) is 10.0 Å². The SMILES string of the molecule is CC(OC(=O)c1cccc(NS(=O)(=O)c2ccccc2)c1)C(=O)NC1CCCC1. The van der Waals surface area contributed by atoms with E-state index < -0.39 is 22.1 Å². The third-order valence-electron chi connectivity index (χ3n) is 4.76. The van der Waals surface area contributed by atoms with E-state index in [0.29, 0.717) is 0 Å². The highest BCUT2D eigenvalue weighted by molar-refractivity contribution is 7.92. The molecule has 1 unspecified atom stereocenters. The standard InChI is InChI=1S/C21H24N2O5S/c1-15(20(24)22-17-9-5-6-10-17)28-21(25)16-8-7-11-18(14-16)23-29(26,27)19-12-3-2-4-13-19/h2-4,7-8,11-15,17,23H,5-6,9-10H2,1H3,(H,22,24). The molecule has 1 amide bonds. The summed E-state index contributed by atoms with van der Waals surface area (Å²) >= 11 is 0. The van der Waals surface area contributed by atoms with Crippen molar-refractivity contribution in [1.82, 2.24) is 5.32 Å². The molecule has 0 aliphatic heterocycles. The Kier molecular flexibility index (Phi) is 6.53. The summed E-state index contributed by atoms with van der Waals surface area (Å²) in [6.07, 6.45) is 3.12. The maximum atomic E-state index is 12.4. The Labute approximate surface area is 170 Å². The molecule has 2 aromatic rings. The van der Waals surface area contributed by atoms with Gasteiger partial charge >= 0.3 is 5.97 Å². The van der Waals surface area contributed by atoms with Crippen LogP contribution in [0.3, 0.4) is 0 Å². The van der Waals surface area contributed by atoms with Crippen LogP contribution in [0.15, 0.2) is 59.5 Å². The molecule has 1 saturated carbocycles. The van der Waals surface area contributed by atoms with E-state index in [-0.39, 0.29) is 28.1 Å². The Balaban J connectivity index is 1.64. The number of hydrogen-bond acceptors (Lipinski definition) is 5. The number of anilines is 1. The Morgan fingerprint density at radius 2 is 1.72 bits per heavy atom. The maximum Gasteiger partial charge on any atom is 0.338 e. The molecular weight excluding hydrogens is 392 g/mol. The smallest absolute Gasteiger partial charge is 0.338 e. The first-order valence-corrected chi connectivity index (χ1v) is 11.0. The van der Waals surface area contributed by atoms with Gasteiger partial charge in [0, 0.05) is 11.7 Å². The third kappa shape index (κ3) is 5.57. The van der Waals surface area contributed by atoms with Gasteiger partial charge in [0.1, 0.15) is 0 Å². The van der Waals surface area contributed by atoms with Crippen molar-refractivity contribution in [2.75, 3.05) is 4.72 Å². The lowest BCUT2D eigenvalue weighted by molar-refractivity contribution is -0.129. The number of rotatable bonds is 7. The molecule has 7 nitrogen and oxygen atoms in total. The number of carbonyl (C=O) groups is 2. The molecular formula is C21H24N2O5S. The number of esters is 1. The molecule has 1 aliphatic carbocycles. The van der Waals surface area contributed by atoms with Gasteiger partial charge in [-0.2, -0.15) is 0 Å². The Morgan fingerprint density at radius 1 is 1.03 bits per heavy atom. The monoisotopic (exact) mass is 416 g/mol. The van der Waals surface area contributed by atoms with Crippen molar-refractivity contribution >= 4 is 27.6 Å². The number of ether oxygens (including phenoxy) is 1. The van der Waals surface area contributed by atoms with Crippen LogP contribution in [0, 0.1) is 0 Å².